The number of hydrogen-bond donors (Lipinski definition) is 3. The molecule has 1 saturated carbocycles. The van der Waals surface area contributed by atoms with Gasteiger partial charge in [0, 0.05) is 0 Å². The van der Waals surface area contributed by atoms with Crippen molar-refractivity contribution in [2.75, 3.05) is 0 Å². The number of carbonyl (C=O) groups is 2. The Kier molecular flexibility index (Phi) is 6.28. The Labute approximate surface area is 114 Å². The van der Waals surface area contributed by atoms with Gasteiger partial charge < -0.3 is 16.2 Å². The highest BCUT2D eigenvalue weighted by Gasteiger charge is 2.31. The van der Waals surface area contributed by atoms with Gasteiger partial charge in [-0.25, -0.2) is 0 Å². The van der Waals surface area contributed by atoms with Crippen LogP contribution in [0.2, 0.25) is 0 Å². The van der Waals surface area contributed by atoms with Crippen LogP contribution in [0.25, 0.3) is 0 Å². The van der Waals surface area contributed by atoms with Gasteiger partial charge in [-0.15, -0.1) is 0 Å². The van der Waals surface area contributed by atoms with Crippen LogP contribution < -0.4 is 11.1 Å². The van der Waals surface area contributed by atoms with Crippen LogP contribution in [0.5, 0.6) is 0 Å². The molecular formula is C14H26N2O3. The molecule has 0 heterocycles. The zero-order valence-electron chi connectivity index (χ0n) is 11.9. The van der Waals surface area contributed by atoms with Gasteiger partial charge in [0.1, 0.15) is 12.1 Å². The first kappa shape index (κ1) is 16.0. The Morgan fingerprint density at radius 1 is 1.26 bits per heavy atom. The summed E-state index contributed by atoms with van der Waals surface area (Å²) in [6.45, 7) is 3.87. The third kappa shape index (κ3) is 5.19. The monoisotopic (exact) mass is 270 g/mol. The first-order chi connectivity index (χ1) is 8.91. The molecule has 0 aromatic heterocycles. The molecular weight excluding hydrogens is 244 g/mol. The summed E-state index contributed by atoms with van der Waals surface area (Å²) >= 11 is 0. The van der Waals surface area contributed by atoms with Crippen molar-refractivity contribution in [2.24, 2.45) is 17.6 Å². The van der Waals surface area contributed by atoms with E-state index in [1.807, 2.05) is 13.8 Å². The van der Waals surface area contributed by atoms with Gasteiger partial charge in [0.25, 0.3) is 0 Å². The highest BCUT2D eigenvalue weighted by atomic mass is 16.3. The molecule has 5 nitrogen and oxygen atoms in total. The van der Waals surface area contributed by atoms with Crippen LogP contribution in [0.4, 0.5) is 0 Å². The fraction of sp³-hybridized carbons (Fsp3) is 0.857. The van der Waals surface area contributed by atoms with E-state index in [9.17, 15) is 14.7 Å². The third-order valence-electron chi connectivity index (χ3n) is 3.72. The Bertz CT molecular complexity index is 312. The SMILES string of the molecule is CC(C)C[C@@H](O)C(=O)N[C@H](C(N)=O)C1CCCCC1. The molecule has 110 valence electrons. The zero-order valence-corrected chi connectivity index (χ0v) is 11.9. The maximum Gasteiger partial charge on any atom is 0.249 e. The van der Waals surface area contributed by atoms with Crippen LogP contribution in [-0.2, 0) is 9.59 Å². The lowest BCUT2D eigenvalue weighted by atomic mass is 9.83. The maximum atomic E-state index is 11.9. The van der Waals surface area contributed by atoms with Crippen molar-refractivity contribution in [1.82, 2.24) is 5.32 Å². The predicted octanol–water partition coefficient (Wildman–Crippen LogP) is 0.944. The second-order valence-corrected chi connectivity index (χ2v) is 5.93. The van der Waals surface area contributed by atoms with Crippen LogP contribution >= 0.6 is 0 Å². The Morgan fingerprint density at radius 3 is 2.32 bits per heavy atom. The Hall–Kier alpha value is -1.10. The van der Waals surface area contributed by atoms with E-state index in [2.05, 4.69) is 5.32 Å². The molecule has 1 fully saturated rings. The van der Waals surface area contributed by atoms with Crippen molar-refractivity contribution in [3.8, 4) is 0 Å². The van der Waals surface area contributed by atoms with Crippen LogP contribution in [0.15, 0.2) is 0 Å². The molecule has 0 aromatic carbocycles. The molecule has 1 rings (SSSR count). The van der Waals surface area contributed by atoms with Gasteiger partial charge in [0.2, 0.25) is 11.8 Å². The molecule has 0 spiro atoms. The molecule has 0 bridgehead atoms. The number of aliphatic hydroxyl groups is 1. The van der Waals surface area contributed by atoms with E-state index >= 15 is 0 Å². The first-order valence-corrected chi connectivity index (χ1v) is 7.19. The molecule has 0 radical (unpaired) electrons. The summed E-state index contributed by atoms with van der Waals surface area (Å²) in [6, 6.07) is -0.644. The van der Waals surface area contributed by atoms with Gasteiger partial charge in [-0.05, 0) is 31.1 Å². The number of amides is 2. The molecule has 1 aliphatic carbocycles. The standard InChI is InChI=1S/C14H26N2O3/c1-9(2)8-11(17)14(19)16-12(13(15)18)10-6-4-3-5-7-10/h9-12,17H,3-8H2,1-2H3,(H2,15,18)(H,16,19)/t11-,12+/m1/s1. The Balaban J connectivity index is 2.57. The fourth-order valence-corrected chi connectivity index (χ4v) is 2.69. The minimum atomic E-state index is -1.06. The number of aliphatic hydroxyl groups excluding tert-OH is 1. The van der Waals surface area contributed by atoms with E-state index in [0.717, 1.165) is 25.7 Å². The highest BCUT2D eigenvalue weighted by molar-refractivity contribution is 5.88. The van der Waals surface area contributed by atoms with Gasteiger partial charge in [-0.3, -0.25) is 9.59 Å². The van der Waals surface area contributed by atoms with Crippen LogP contribution in [0.3, 0.4) is 0 Å². The fourth-order valence-electron chi connectivity index (χ4n) is 2.69. The second kappa shape index (κ2) is 7.48. The first-order valence-electron chi connectivity index (χ1n) is 7.19. The molecule has 0 unspecified atom stereocenters. The van der Waals surface area contributed by atoms with E-state index in [-0.39, 0.29) is 11.8 Å². The van der Waals surface area contributed by atoms with E-state index in [0.29, 0.717) is 6.42 Å². The third-order valence-corrected chi connectivity index (χ3v) is 3.72. The van der Waals surface area contributed by atoms with Crippen molar-refractivity contribution >= 4 is 11.8 Å². The van der Waals surface area contributed by atoms with Gasteiger partial charge in [0.05, 0.1) is 0 Å². The lowest BCUT2D eigenvalue weighted by molar-refractivity contribution is -0.134. The molecule has 2 amide bonds. The molecule has 5 heteroatoms. The largest absolute Gasteiger partial charge is 0.383 e. The summed E-state index contributed by atoms with van der Waals surface area (Å²) in [5, 5.41) is 12.4. The lowest BCUT2D eigenvalue weighted by Crippen LogP contribution is -2.52. The van der Waals surface area contributed by atoms with E-state index in [4.69, 9.17) is 5.73 Å². The molecule has 0 saturated heterocycles. The average molecular weight is 270 g/mol. The van der Waals surface area contributed by atoms with Crippen molar-refractivity contribution < 1.29 is 14.7 Å². The van der Waals surface area contributed by atoms with Crippen molar-refractivity contribution in [3.63, 3.8) is 0 Å². The molecule has 19 heavy (non-hydrogen) atoms. The molecule has 0 aliphatic heterocycles. The summed E-state index contributed by atoms with van der Waals surface area (Å²) in [5.41, 5.74) is 5.38. The smallest absolute Gasteiger partial charge is 0.249 e. The zero-order chi connectivity index (χ0) is 14.4. The minimum absolute atomic E-state index is 0.112. The summed E-state index contributed by atoms with van der Waals surface area (Å²) in [5.74, 6) is -0.649. The van der Waals surface area contributed by atoms with Gasteiger partial charge >= 0.3 is 0 Å². The number of primary amides is 1. The van der Waals surface area contributed by atoms with Gasteiger partial charge in [-0.1, -0.05) is 33.1 Å². The summed E-state index contributed by atoms with van der Waals surface area (Å²) in [7, 11) is 0. The van der Waals surface area contributed by atoms with Crippen LogP contribution in [0.1, 0.15) is 52.4 Å². The molecule has 2 atom stereocenters. The molecule has 1 aliphatic rings. The van der Waals surface area contributed by atoms with E-state index in [1.54, 1.807) is 0 Å². The number of hydrogen-bond acceptors (Lipinski definition) is 3. The van der Waals surface area contributed by atoms with E-state index in [1.165, 1.54) is 6.42 Å². The number of carbonyl (C=O) groups excluding carboxylic acids is 2. The normalized spacial score (nSPS) is 20.0. The van der Waals surface area contributed by atoms with Crippen LogP contribution in [-0.4, -0.2) is 29.1 Å². The van der Waals surface area contributed by atoms with Crippen molar-refractivity contribution in [2.45, 2.75) is 64.5 Å². The number of nitrogens with two attached hydrogens (primary N) is 1. The minimum Gasteiger partial charge on any atom is -0.383 e. The Morgan fingerprint density at radius 2 is 1.84 bits per heavy atom. The number of nitrogens with one attached hydrogen (secondary N) is 1. The number of rotatable bonds is 6. The summed E-state index contributed by atoms with van der Waals surface area (Å²) in [6.07, 6.45) is 4.46. The summed E-state index contributed by atoms with van der Waals surface area (Å²) in [4.78, 5) is 23.4. The molecule has 0 aromatic rings. The predicted molar refractivity (Wildman–Crippen MR) is 73.2 cm³/mol. The molecule has 4 N–H and O–H groups in total. The average Bonchev–Trinajstić information content (AvgIpc) is 2.35. The van der Waals surface area contributed by atoms with Gasteiger partial charge in [0.15, 0.2) is 0 Å². The van der Waals surface area contributed by atoms with Gasteiger partial charge in [-0.2, -0.15) is 0 Å². The van der Waals surface area contributed by atoms with Crippen LogP contribution in [0, 0.1) is 11.8 Å². The second-order valence-electron chi connectivity index (χ2n) is 5.93. The highest BCUT2D eigenvalue weighted by Crippen LogP contribution is 2.26. The maximum absolute atomic E-state index is 11.9. The van der Waals surface area contributed by atoms with Crippen molar-refractivity contribution in [3.05, 3.63) is 0 Å². The lowest BCUT2D eigenvalue weighted by Gasteiger charge is -2.29. The van der Waals surface area contributed by atoms with Crippen molar-refractivity contribution in [1.29, 1.82) is 0 Å². The topological polar surface area (TPSA) is 92.4 Å². The quantitative estimate of drug-likeness (QED) is 0.670. The van der Waals surface area contributed by atoms with E-state index < -0.39 is 24.0 Å². The summed E-state index contributed by atoms with van der Waals surface area (Å²) < 4.78 is 0.